The highest BCUT2D eigenvalue weighted by atomic mass is 16.2. The van der Waals surface area contributed by atoms with E-state index in [0.717, 1.165) is 33.8 Å². The Balaban J connectivity index is 1.59. The lowest BCUT2D eigenvalue weighted by molar-refractivity contribution is -0.133. The number of carbonyl (C=O) groups excluding carboxylic acids is 2. The molecule has 8 nitrogen and oxygen atoms in total. The van der Waals surface area contributed by atoms with Gasteiger partial charge in [0.15, 0.2) is 0 Å². The molecule has 1 N–H and O–H groups in total. The van der Waals surface area contributed by atoms with Crippen LogP contribution in [0.25, 0.3) is 5.78 Å². The molecule has 0 aliphatic carbocycles. The fourth-order valence-corrected chi connectivity index (χ4v) is 3.32. The minimum Gasteiger partial charge on any atom is -0.336 e. The Morgan fingerprint density at radius 1 is 1.17 bits per heavy atom. The Kier molecular flexibility index (Phi) is 5.91. The van der Waals surface area contributed by atoms with Gasteiger partial charge in [-0.3, -0.25) is 9.59 Å². The van der Waals surface area contributed by atoms with Gasteiger partial charge in [-0.15, -0.1) is 0 Å². The number of carbonyl (C=O) groups is 2. The smallest absolute Gasteiger partial charge is 0.252 e. The van der Waals surface area contributed by atoms with Crippen molar-refractivity contribution >= 4 is 23.3 Å². The second-order valence-electron chi connectivity index (χ2n) is 7.28. The van der Waals surface area contributed by atoms with Crippen molar-refractivity contribution in [1.82, 2.24) is 24.5 Å². The summed E-state index contributed by atoms with van der Waals surface area (Å²) in [4.78, 5) is 34.9. The number of nitrogens with zero attached hydrogens (tertiary/aromatic N) is 5. The van der Waals surface area contributed by atoms with Crippen LogP contribution in [0.15, 0.2) is 24.5 Å². The van der Waals surface area contributed by atoms with Gasteiger partial charge in [0.1, 0.15) is 6.33 Å². The number of benzene rings is 1. The molecule has 3 aromatic rings. The highest BCUT2D eigenvalue weighted by Crippen LogP contribution is 2.18. The molecule has 0 radical (unpaired) electrons. The molecule has 1 aromatic carbocycles. The molecule has 8 heteroatoms. The average molecular weight is 394 g/mol. The van der Waals surface area contributed by atoms with Crippen LogP contribution in [0, 0.1) is 27.7 Å². The van der Waals surface area contributed by atoms with Crippen molar-refractivity contribution in [2.24, 2.45) is 0 Å². The SMILES string of the molecule is Cc1cccc(NC(=O)CN(C)C(=O)CCc2c(C)nc3ncnn3c2C)c1C. The first kappa shape index (κ1) is 20.4. The van der Waals surface area contributed by atoms with Gasteiger partial charge < -0.3 is 10.2 Å². The third kappa shape index (κ3) is 4.42. The fourth-order valence-electron chi connectivity index (χ4n) is 3.32. The molecule has 152 valence electrons. The molecule has 0 saturated heterocycles. The van der Waals surface area contributed by atoms with Crippen LogP contribution in [0.2, 0.25) is 0 Å². The van der Waals surface area contributed by atoms with E-state index in [1.807, 2.05) is 45.9 Å². The van der Waals surface area contributed by atoms with E-state index in [9.17, 15) is 9.59 Å². The molecule has 0 spiro atoms. The van der Waals surface area contributed by atoms with E-state index < -0.39 is 0 Å². The first-order chi connectivity index (χ1) is 13.8. The Hall–Kier alpha value is -3.29. The van der Waals surface area contributed by atoms with Gasteiger partial charge in [0.2, 0.25) is 11.8 Å². The third-order valence-electron chi connectivity index (χ3n) is 5.26. The molecule has 29 heavy (non-hydrogen) atoms. The number of amides is 2. The highest BCUT2D eigenvalue weighted by Gasteiger charge is 2.17. The van der Waals surface area contributed by atoms with Crippen LogP contribution < -0.4 is 5.32 Å². The van der Waals surface area contributed by atoms with E-state index in [-0.39, 0.29) is 24.8 Å². The fraction of sp³-hybridized carbons (Fsp3) is 0.381. The molecule has 2 heterocycles. The number of likely N-dealkylation sites (N-methyl/N-ethyl adjacent to an activating group) is 1. The van der Waals surface area contributed by atoms with Crippen molar-refractivity contribution in [1.29, 1.82) is 0 Å². The summed E-state index contributed by atoms with van der Waals surface area (Å²) in [5.41, 5.74) is 5.64. The molecule has 3 rings (SSSR count). The van der Waals surface area contributed by atoms with E-state index in [4.69, 9.17) is 0 Å². The lowest BCUT2D eigenvalue weighted by Crippen LogP contribution is -2.35. The lowest BCUT2D eigenvalue weighted by Gasteiger charge is -2.18. The highest BCUT2D eigenvalue weighted by molar-refractivity contribution is 5.95. The number of anilines is 1. The van der Waals surface area contributed by atoms with Gasteiger partial charge >= 0.3 is 0 Å². The molecule has 0 aliphatic heterocycles. The van der Waals surface area contributed by atoms with Crippen molar-refractivity contribution in [3.63, 3.8) is 0 Å². The maximum Gasteiger partial charge on any atom is 0.252 e. The number of fused-ring (bicyclic) bond motifs is 1. The summed E-state index contributed by atoms with van der Waals surface area (Å²) in [6, 6.07) is 5.76. The monoisotopic (exact) mass is 394 g/mol. The van der Waals surface area contributed by atoms with Gasteiger partial charge in [-0.2, -0.15) is 10.1 Å². The quantitative estimate of drug-likeness (QED) is 0.693. The summed E-state index contributed by atoms with van der Waals surface area (Å²) in [6.07, 6.45) is 2.28. The summed E-state index contributed by atoms with van der Waals surface area (Å²) in [5.74, 6) is 0.238. The van der Waals surface area contributed by atoms with Gasteiger partial charge in [-0.25, -0.2) is 9.50 Å². The Morgan fingerprint density at radius 2 is 1.93 bits per heavy atom. The minimum absolute atomic E-state index is 0.00450. The van der Waals surface area contributed by atoms with Crippen LogP contribution in [-0.2, 0) is 16.0 Å². The largest absolute Gasteiger partial charge is 0.336 e. The summed E-state index contributed by atoms with van der Waals surface area (Å²) in [6.45, 7) is 7.81. The molecule has 0 bridgehead atoms. The summed E-state index contributed by atoms with van der Waals surface area (Å²) < 4.78 is 1.67. The van der Waals surface area contributed by atoms with E-state index >= 15 is 0 Å². The van der Waals surface area contributed by atoms with Crippen LogP contribution >= 0.6 is 0 Å². The number of rotatable bonds is 6. The summed E-state index contributed by atoms with van der Waals surface area (Å²) in [5, 5.41) is 7.05. The second kappa shape index (κ2) is 8.38. The van der Waals surface area contributed by atoms with Gasteiger partial charge in [0.25, 0.3) is 5.78 Å². The first-order valence-electron chi connectivity index (χ1n) is 9.53. The molecular formula is C21H26N6O2. The predicted molar refractivity (Wildman–Crippen MR) is 111 cm³/mol. The van der Waals surface area contributed by atoms with Crippen molar-refractivity contribution < 1.29 is 9.59 Å². The van der Waals surface area contributed by atoms with Crippen LogP contribution in [0.5, 0.6) is 0 Å². The van der Waals surface area contributed by atoms with Gasteiger partial charge in [-0.1, -0.05) is 12.1 Å². The topological polar surface area (TPSA) is 92.5 Å². The Morgan fingerprint density at radius 3 is 2.69 bits per heavy atom. The number of aryl methyl sites for hydroxylation is 3. The third-order valence-corrected chi connectivity index (χ3v) is 5.26. The van der Waals surface area contributed by atoms with Gasteiger partial charge in [-0.05, 0) is 56.9 Å². The molecule has 0 saturated carbocycles. The zero-order chi connectivity index (χ0) is 21.1. The molecule has 0 atom stereocenters. The first-order valence-corrected chi connectivity index (χ1v) is 9.53. The standard InChI is InChI=1S/C21H26N6O2/c1-13-7-6-8-18(14(13)2)25-19(28)11-26(5)20(29)10-9-17-15(3)24-21-22-12-23-27(21)16(17)4/h6-8,12H,9-11H2,1-5H3,(H,25,28). The maximum atomic E-state index is 12.6. The minimum atomic E-state index is -0.215. The summed E-state index contributed by atoms with van der Waals surface area (Å²) in [7, 11) is 1.64. The molecule has 2 amide bonds. The number of nitrogens with one attached hydrogen (secondary N) is 1. The molecule has 0 fully saturated rings. The Labute approximate surface area is 170 Å². The van der Waals surface area contributed by atoms with Crippen molar-refractivity contribution in [2.45, 2.75) is 40.5 Å². The van der Waals surface area contributed by atoms with Crippen molar-refractivity contribution in [2.75, 3.05) is 18.9 Å². The van der Waals surface area contributed by atoms with Gasteiger partial charge in [0, 0.05) is 30.5 Å². The van der Waals surface area contributed by atoms with Crippen LogP contribution in [0.4, 0.5) is 5.69 Å². The zero-order valence-corrected chi connectivity index (χ0v) is 17.5. The van der Waals surface area contributed by atoms with Crippen molar-refractivity contribution in [3.8, 4) is 0 Å². The second-order valence-corrected chi connectivity index (χ2v) is 7.28. The molecule has 0 aliphatic rings. The molecule has 2 aromatic heterocycles. The average Bonchev–Trinajstić information content (AvgIpc) is 3.13. The Bertz CT molecular complexity index is 1070. The normalized spacial score (nSPS) is 10.9. The van der Waals surface area contributed by atoms with Crippen LogP contribution in [0.3, 0.4) is 0 Å². The molecule has 0 unspecified atom stereocenters. The number of hydrogen-bond donors (Lipinski definition) is 1. The maximum absolute atomic E-state index is 12.6. The lowest BCUT2D eigenvalue weighted by atomic mass is 10.1. The number of hydrogen-bond acceptors (Lipinski definition) is 5. The molecular weight excluding hydrogens is 368 g/mol. The number of aromatic nitrogens is 4. The van der Waals surface area contributed by atoms with Crippen molar-refractivity contribution in [3.05, 3.63) is 52.6 Å². The van der Waals surface area contributed by atoms with E-state index in [1.165, 1.54) is 11.2 Å². The van der Waals surface area contributed by atoms with Crippen LogP contribution in [-0.4, -0.2) is 49.9 Å². The van der Waals surface area contributed by atoms with Gasteiger partial charge in [0.05, 0.1) is 6.54 Å². The summed E-state index contributed by atoms with van der Waals surface area (Å²) >= 11 is 0. The van der Waals surface area contributed by atoms with Crippen LogP contribution in [0.1, 0.15) is 34.5 Å². The van der Waals surface area contributed by atoms with E-state index in [2.05, 4.69) is 20.4 Å². The predicted octanol–water partition coefficient (Wildman–Crippen LogP) is 2.39. The van der Waals surface area contributed by atoms with E-state index in [0.29, 0.717) is 12.2 Å². The van der Waals surface area contributed by atoms with E-state index in [1.54, 1.807) is 11.6 Å². The zero-order valence-electron chi connectivity index (χ0n) is 17.5.